The second kappa shape index (κ2) is 6.03. The lowest BCUT2D eigenvalue weighted by molar-refractivity contribution is 0.101. The van der Waals surface area contributed by atoms with Gasteiger partial charge in [-0.05, 0) is 13.0 Å². The van der Waals surface area contributed by atoms with Crippen molar-refractivity contribution in [1.29, 1.82) is 0 Å². The summed E-state index contributed by atoms with van der Waals surface area (Å²) in [5.41, 5.74) is 2.57. The van der Waals surface area contributed by atoms with Crippen LogP contribution in [0.5, 0.6) is 5.88 Å². The Balaban J connectivity index is 2.18. The van der Waals surface area contributed by atoms with Crippen LogP contribution in [-0.2, 0) is 16.1 Å². The molecule has 1 N–H and O–H groups in total. The summed E-state index contributed by atoms with van der Waals surface area (Å²) < 4.78 is 15.3. The van der Waals surface area contributed by atoms with Crippen molar-refractivity contribution in [3.05, 3.63) is 36.0 Å². The Morgan fingerprint density at radius 3 is 2.86 bits per heavy atom. The van der Waals surface area contributed by atoms with E-state index in [0.29, 0.717) is 5.56 Å². The van der Waals surface area contributed by atoms with Crippen molar-refractivity contribution >= 4 is 28.0 Å². The van der Waals surface area contributed by atoms with E-state index in [1.54, 1.807) is 20.2 Å². The fraction of sp³-hybridized carbons (Fsp3) is 0.250. The average Bonchev–Trinajstić information content (AvgIpc) is 2.89. The molecule has 0 saturated carbocycles. The molecule has 0 spiro atoms. The summed E-state index contributed by atoms with van der Waals surface area (Å²) in [6.07, 6.45) is 0.870. The highest BCUT2D eigenvalue weighted by atomic mass is 16.7. The molecule has 3 rings (SSSR count). The van der Waals surface area contributed by atoms with E-state index in [4.69, 9.17) is 14.2 Å². The maximum atomic E-state index is 11.6. The summed E-state index contributed by atoms with van der Waals surface area (Å²) >= 11 is 0. The normalized spacial score (nSPS) is 11.0. The maximum Gasteiger partial charge on any atom is 0.515 e. The molecule has 2 aromatic heterocycles. The van der Waals surface area contributed by atoms with Crippen LogP contribution in [0.3, 0.4) is 0 Å². The van der Waals surface area contributed by atoms with Gasteiger partial charge in [-0.1, -0.05) is 18.2 Å². The fourth-order valence-corrected chi connectivity index (χ4v) is 2.49. The van der Waals surface area contributed by atoms with Gasteiger partial charge in [0.2, 0.25) is 5.88 Å². The number of aromatic nitrogens is 2. The lowest BCUT2D eigenvalue weighted by Gasteiger charge is -2.09. The number of nitrogens with one attached hydrogen (secondary N) is 1. The molecule has 0 atom stereocenters. The molecule has 0 aliphatic heterocycles. The Hall–Kier alpha value is -2.60. The van der Waals surface area contributed by atoms with Crippen molar-refractivity contribution < 1.29 is 19.0 Å². The largest absolute Gasteiger partial charge is 0.515 e. The Morgan fingerprint density at radius 2 is 2.09 bits per heavy atom. The second-order valence-corrected chi connectivity index (χ2v) is 4.72. The number of ether oxygens (including phenoxy) is 3. The summed E-state index contributed by atoms with van der Waals surface area (Å²) in [4.78, 5) is 19.1. The number of aromatic amines is 1. The van der Waals surface area contributed by atoms with Crippen molar-refractivity contribution in [3.63, 3.8) is 0 Å². The third-order valence-corrected chi connectivity index (χ3v) is 3.34. The highest BCUT2D eigenvalue weighted by Gasteiger charge is 2.18. The number of pyridine rings is 1. The molecular formula is C16H16N2O4. The summed E-state index contributed by atoms with van der Waals surface area (Å²) in [6, 6.07) is 7.90. The van der Waals surface area contributed by atoms with Crippen LogP contribution in [0.25, 0.3) is 21.8 Å². The third-order valence-electron chi connectivity index (χ3n) is 3.34. The summed E-state index contributed by atoms with van der Waals surface area (Å²) in [6.45, 7) is 2.24. The quantitative estimate of drug-likeness (QED) is 0.747. The van der Waals surface area contributed by atoms with Crippen molar-refractivity contribution in [2.45, 2.75) is 13.5 Å². The van der Waals surface area contributed by atoms with Crippen molar-refractivity contribution in [2.24, 2.45) is 0 Å². The number of nitrogens with zero attached hydrogens (tertiary/aromatic N) is 1. The Morgan fingerprint density at radius 1 is 1.27 bits per heavy atom. The summed E-state index contributed by atoms with van der Waals surface area (Å²) in [7, 11) is 1.59. The zero-order valence-electron chi connectivity index (χ0n) is 12.4. The van der Waals surface area contributed by atoms with E-state index in [2.05, 4.69) is 9.97 Å². The van der Waals surface area contributed by atoms with Gasteiger partial charge in [-0.15, -0.1) is 0 Å². The molecule has 1 aromatic carbocycles. The molecule has 0 bridgehead atoms. The third kappa shape index (κ3) is 2.48. The lowest BCUT2D eigenvalue weighted by atomic mass is 10.1. The highest BCUT2D eigenvalue weighted by molar-refractivity contribution is 6.09. The Labute approximate surface area is 127 Å². The number of hydrogen-bond donors (Lipinski definition) is 1. The molecule has 3 aromatic rings. The maximum absolute atomic E-state index is 11.6. The number of methoxy groups -OCH3 is 1. The number of para-hydroxylation sites is 1. The topological polar surface area (TPSA) is 73.4 Å². The average molecular weight is 300 g/mol. The number of carbonyl (C=O) groups is 1. The SMILES string of the molecule is CCOC(=O)Oc1ncc2[nH]c3ccccc3c2c1COC. The monoisotopic (exact) mass is 300 g/mol. The second-order valence-electron chi connectivity index (χ2n) is 4.72. The van der Waals surface area contributed by atoms with Gasteiger partial charge in [-0.3, -0.25) is 0 Å². The van der Waals surface area contributed by atoms with Crippen LogP contribution < -0.4 is 4.74 Å². The first-order valence-corrected chi connectivity index (χ1v) is 6.96. The van der Waals surface area contributed by atoms with Crippen molar-refractivity contribution in [3.8, 4) is 5.88 Å². The predicted molar refractivity (Wildman–Crippen MR) is 82.0 cm³/mol. The molecule has 6 nitrogen and oxygen atoms in total. The van der Waals surface area contributed by atoms with Gasteiger partial charge in [-0.25, -0.2) is 9.78 Å². The minimum absolute atomic E-state index is 0.206. The first kappa shape index (κ1) is 14.3. The standard InChI is InChI=1S/C16H16N2O4/c1-3-21-16(19)22-15-11(9-20-2)14-10-6-4-5-7-12(10)18-13(14)8-17-15/h4-8,18H,3,9H2,1-2H3. The van der Waals surface area contributed by atoms with Gasteiger partial charge in [0.05, 0.1) is 30.5 Å². The van der Waals surface area contributed by atoms with Crippen molar-refractivity contribution in [2.75, 3.05) is 13.7 Å². The lowest BCUT2D eigenvalue weighted by Crippen LogP contribution is -2.12. The number of carbonyl (C=O) groups excluding carboxylic acids is 1. The molecule has 0 aliphatic carbocycles. The molecule has 0 amide bonds. The van der Waals surface area contributed by atoms with E-state index in [0.717, 1.165) is 21.8 Å². The van der Waals surface area contributed by atoms with Crippen LogP contribution >= 0.6 is 0 Å². The van der Waals surface area contributed by atoms with E-state index in [1.165, 1.54) is 0 Å². The van der Waals surface area contributed by atoms with Crippen LogP contribution in [0, 0.1) is 0 Å². The first-order valence-electron chi connectivity index (χ1n) is 6.96. The Kier molecular flexibility index (Phi) is 3.93. The molecule has 22 heavy (non-hydrogen) atoms. The van der Waals surface area contributed by atoms with Crippen molar-refractivity contribution in [1.82, 2.24) is 9.97 Å². The number of rotatable bonds is 4. The summed E-state index contributed by atoms with van der Waals surface area (Å²) in [5, 5.41) is 1.97. The van der Waals surface area contributed by atoms with Crippen LogP contribution in [0.2, 0.25) is 0 Å². The minimum atomic E-state index is -0.772. The van der Waals surface area contributed by atoms with Gasteiger partial charge in [0, 0.05) is 23.4 Å². The molecule has 0 unspecified atom stereocenters. The number of benzene rings is 1. The van der Waals surface area contributed by atoms with Crippen LogP contribution in [0.1, 0.15) is 12.5 Å². The zero-order valence-corrected chi connectivity index (χ0v) is 12.4. The van der Waals surface area contributed by atoms with Gasteiger partial charge in [0.25, 0.3) is 0 Å². The van der Waals surface area contributed by atoms with Gasteiger partial charge in [0.1, 0.15) is 0 Å². The van der Waals surface area contributed by atoms with Crippen LogP contribution in [0.15, 0.2) is 30.5 Å². The molecular weight excluding hydrogens is 284 g/mol. The highest BCUT2D eigenvalue weighted by Crippen LogP contribution is 2.32. The van der Waals surface area contributed by atoms with Gasteiger partial charge < -0.3 is 19.2 Å². The number of fused-ring (bicyclic) bond motifs is 3. The molecule has 0 fully saturated rings. The zero-order chi connectivity index (χ0) is 15.5. The number of hydrogen-bond acceptors (Lipinski definition) is 5. The summed E-state index contributed by atoms with van der Waals surface area (Å²) in [5.74, 6) is 0.206. The molecule has 0 saturated heterocycles. The molecule has 6 heteroatoms. The van der Waals surface area contributed by atoms with E-state index in [9.17, 15) is 4.79 Å². The first-order chi connectivity index (χ1) is 10.7. The van der Waals surface area contributed by atoms with Gasteiger partial charge in [0.15, 0.2) is 0 Å². The molecule has 2 heterocycles. The molecule has 0 radical (unpaired) electrons. The van der Waals surface area contributed by atoms with E-state index >= 15 is 0 Å². The minimum Gasteiger partial charge on any atom is -0.434 e. The van der Waals surface area contributed by atoms with Gasteiger partial charge >= 0.3 is 6.16 Å². The Bertz CT molecular complexity index is 825. The molecule has 0 aliphatic rings. The van der Waals surface area contributed by atoms with E-state index < -0.39 is 6.16 Å². The predicted octanol–water partition coefficient (Wildman–Crippen LogP) is 3.40. The molecule has 114 valence electrons. The van der Waals surface area contributed by atoms with Gasteiger partial charge in [-0.2, -0.15) is 0 Å². The van der Waals surface area contributed by atoms with Crippen LogP contribution in [0.4, 0.5) is 4.79 Å². The number of H-pyrrole nitrogens is 1. The smallest absolute Gasteiger partial charge is 0.434 e. The van der Waals surface area contributed by atoms with E-state index in [1.807, 2.05) is 24.3 Å². The fourth-order valence-electron chi connectivity index (χ4n) is 2.49. The van der Waals surface area contributed by atoms with Crippen LogP contribution in [-0.4, -0.2) is 29.8 Å². The van der Waals surface area contributed by atoms with E-state index in [-0.39, 0.29) is 19.1 Å².